The molecule has 1 fully saturated rings. The first-order valence-corrected chi connectivity index (χ1v) is 10.4. The van der Waals surface area contributed by atoms with Gasteiger partial charge in [0.2, 0.25) is 11.7 Å². The maximum Gasteiger partial charge on any atom is 0.224 e. The van der Waals surface area contributed by atoms with Crippen molar-refractivity contribution in [1.82, 2.24) is 10.2 Å². The summed E-state index contributed by atoms with van der Waals surface area (Å²) in [6.07, 6.45) is 2.67. The fraction of sp³-hybridized carbons (Fsp3) is 0.458. The van der Waals surface area contributed by atoms with E-state index in [1.54, 1.807) is 21.3 Å². The smallest absolute Gasteiger partial charge is 0.224 e. The van der Waals surface area contributed by atoms with E-state index in [9.17, 15) is 4.79 Å². The summed E-state index contributed by atoms with van der Waals surface area (Å²) < 4.78 is 16.1. The number of carbonyl (C=O) groups is 1. The zero-order valence-corrected chi connectivity index (χ0v) is 18.4. The molecule has 0 aromatic heterocycles. The number of benzene rings is 2. The molecule has 0 spiro atoms. The molecule has 1 N–H and O–H groups in total. The topological polar surface area (TPSA) is 60.0 Å². The number of aryl methyl sites for hydroxylation is 1. The molecule has 1 amide bonds. The Morgan fingerprint density at radius 3 is 2.13 bits per heavy atom. The Kier molecular flexibility index (Phi) is 7.57. The summed E-state index contributed by atoms with van der Waals surface area (Å²) in [4.78, 5) is 15.2. The molecule has 0 radical (unpaired) electrons. The van der Waals surface area contributed by atoms with Gasteiger partial charge in [0.05, 0.1) is 33.8 Å². The lowest BCUT2D eigenvalue weighted by molar-refractivity contribution is -0.120. The van der Waals surface area contributed by atoms with Gasteiger partial charge in [0.25, 0.3) is 0 Å². The third kappa shape index (κ3) is 5.25. The van der Waals surface area contributed by atoms with Gasteiger partial charge in [-0.2, -0.15) is 0 Å². The van der Waals surface area contributed by atoms with E-state index < -0.39 is 0 Å². The number of carbonyl (C=O) groups excluding carboxylic acids is 1. The molecular weight excluding hydrogens is 380 g/mol. The van der Waals surface area contributed by atoms with E-state index in [0.717, 1.165) is 18.7 Å². The number of nitrogens with zero attached hydrogens (tertiary/aromatic N) is 1. The molecule has 0 aliphatic carbocycles. The van der Waals surface area contributed by atoms with Crippen LogP contribution in [0.1, 0.15) is 35.6 Å². The summed E-state index contributed by atoms with van der Waals surface area (Å²) in [7, 11) is 4.71. The molecule has 1 aliphatic rings. The average molecular weight is 413 g/mol. The molecule has 0 saturated carbocycles. The average Bonchev–Trinajstić information content (AvgIpc) is 3.28. The highest BCUT2D eigenvalue weighted by Gasteiger charge is 2.24. The molecule has 1 heterocycles. The zero-order chi connectivity index (χ0) is 21.5. The number of nitrogens with one attached hydrogen (secondary N) is 1. The van der Waals surface area contributed by atoms with Crippen LogP contribution in [0.2, 0.25) is 0 Å². The highest BCUT2D eigenvalue weighted by atomic mass is 16.5. The van der Waals surface area contributed by atoms with E-state index in [2.05, 4.69) is 41.4 Å². The summed E-state index contributed by atoms with van der Waals surface area (Å²) in [5.41, 5.74) is 3.30. The van der Waals surface area contributed by atoms with Gasteiger partial charge in [-0.3, -0.25) is 9.69 Å². The minimum atomic E-state index is -0.0272. The van der Waals surface area contributed by atoms with Crippen molar-refractivity contribution >= 4 is 5.91 Å². The molecule has 162 valence electrons. The van der Waals surface area contributed by atoms with Gasteiger partial charge in [0, 0.05) is 6.54 Å². The highest BCUT2D eigenvalue weighted by Crippen LogP contribution is 2.38. The number of hydrogen-bond acceptors (Lipinski definition) is 5. The van der Waals surface area contributed by atoms with Crippen LogP contribution in [0.25, 0.3) is 0 Å². The Bertz CT molecular complexity index is 820. The minimum Gasteiger partial charge on any atom is -0.493 e. The molecular formula is C24H32N2O4. The largest absolute Gasteiger partial charge is 0.493 e. The van der Waals surface area contributed by atoms with Crippen LogP contribution in [0.5, 0.6) is 17.2 Å². The second kappa shape index (κ2) is 10.3. The van der Waals surface area contributed by atoms with Crippen LogP contribution in [0.4, 0.5) is 0 Å². The summed E-state index contributed by atoms with van der Waals surface area (Å²) in [5.74, 6) is 1.60. The van der Waals surface area contributed by atoms with Gasteiger partial charge in [0.15, 0.2) is 11.5 Å². The molecule has 6 heteroatoms. The van der Waals surface area contributed by atoms with E-state index in [4.69, 9.17) is 14.2 Å². The lowest BCUT2D eigenvalue weighted by atomic mass is 10.0. The van der Waals surface area contributed by atoms with E-state index >= 15 is 0 Å². The number of hydrogen-bond donors (Lipinski definition) is 1. The molecule has 0 bridgehead atoms. The van der Waals surface area contributed by atoms with Gasteiger partial charge >= 0.3 is 0 Å². The standard InChI is InChI=1S/C24H32N2O4/c1-17-7-9-19(10-8-17)20(26-11-5-6-12-26)16-25-23(27)15-18-13-21(28-2)24(30-4)22(14-18)29-3/h7-10,13-14,20H,5-6,11-12,15-16H2,1-4H3,(H,25,27). The first-order valence-electron chi connectivity index (χ1n) is 10.4. The van der Waals surface area contributed by atoms with Gasteiger partial charge in [-0.1, -0.05) is 29.8 Å². The Balaban J connectivity index is 1.69. The summed E-state index contributed by atoms with van der Waals surface area (Å²) >= 11 is 0. The third-order valence-electron chi connectivity index (χ3n) is 5.63. The van der Waals surface area contributed by atoms with E-state index in [-0.39, 0.29) is 18.4 Å². The highest BCUT2D eigenvalue weighted by molar-refractivity contribution is 5.79. The predicted molar refractivity (Wildman–Crippen MR) is 118 cm³/mol. The fourth-order valence-corrected chi connectivity index (χ4v) is 4.00. The van der Waals surface area contributed by atoms with Crippen molar-refractivity contribution < 1.29 is 19.0 Å². The molecule has 1 atom stereocenters. The van der Waals surface area contributed by atoms with Crippen LogP contribution in [0.15, 0.2) is 36.4 Å². The lowest BCUT2D eigenvalue weighted by Crippen LogP contribution is -2.37. The van der Waals surface area contributed by atoms with E-state index in [0.29, 0.717) is 23.8 Å². The van der Waals surface area contributed by atoms with Gasteiger partial charge in [-0.05, 0) is 56.1 Å². The van der Waals surface area contributed by atoms with Crippen molar-refractivity contribution in [3.05, 3.63) is 53.1 Å². The maximum atomic E-state index is 12.7. The van der Waals surface area contributed by atoms with Crippen LogP contribution >= 0.6 is 0 Å². The molecule has 6 nitrogen and oxygen atoms in total. The number of likely N-dealkylation sites (tertiary alicyclic amines) is 1. The third-order valence-corrected chi connectivity index (χ3v) is 5.63. The molecule has 1 aliphatic heterocycles. The Morgan fingerprint density at radius 2 is 1.60 bits per heavy atom. The van der Waals surface area contributed by atoms with Crippen molar-refractivity contribution in [2.75, 3.05) is 41.0 Å². The van der Waals surface area contributed by atoms with Crippen LogP contribution < -0.4 is 19.5 Å². The Hall–Kier alpha value is -2.73. The Labute approximate surface area is 179 Å². The van der Waals surface area contributed by atoms with Crippen molar-refractivity contribution in [2.24, 2.45) is 0 Å². The van der Waals surface area contributed by atoms with Crippen molar-refractivity contribution in [2.45, 2.75) is 32.2 Å². The van der Waals surface area contributed by atoms with Crippen LogP contribution in [-0.4, -0.2) is 51.8 Å². The first-order chi connectivity index (χ1) is 14.5. The van der Waals surface area contributed by atoms with Gasteiger partial charge in [-0.15, -0.1) is 0 Å². The summed E-state index contributed by atoms with van der Waals surface area (Å²) in [6.45, 7) is 4.82. The number of methoxy groups -OCH3 is 3. The number of rotatable bonds is 9. The van der Waals surface area contributed by atoms with Crippen LogP contribution in [-0.2, 0) is 11.2 Å². The van der Waals surface area contributed by atoms with Crippen LogP contribution in [0.3, 0.4) is 0 Å². The van der Waals surface area contributed by atoms with Crippen LogP contribution in [0, 0.1) is 6.92 Å². The molecule has 1 saturated heterocycles. The maximum absolute atomic E-state index is 12.7. The van der Waals surface area contributed by atoms with E-state index in [1.165, 1.54) is 24.0 Å². The predicted octanol–water partition coefficient (Wildman–Crippen LogP) is 3.52. The van der Waals surface area contributed by atoms with Crippen molar-refractivity contribution in [3.63, 3.8) is 0 Å². The van der Waals surface area contributed by atoms with Gasteiger partial charge in [-0.25, -0.2) is 0 Å². The summed E-state index contributed by atoms with van der Waals surface area (Å²) in [6, 6.07) is 12.4. The second-order valence-corrected chi connectivity index (χ2v) is 7.68. The number of amides is 1. The number of ether oxygens (including phenoxy) is 3. The second-order valence-electron chi connectivity index (χ2n) is 7.68. The molecule has 3 rings (SSSR count). The fourth-order valence-electron chi connectivity index (χ4n) is 4.00. The van der Waals surface area contributed by atoms with E-state index in [1.807, 2.05) is 12.1 Å². The van der Waals surface area contributed by atoms with Crippen molar-refractivity contribution in [3.8, 4) is 17.2 Å². The Morgan fingerprint density at radius 1 is 1.00 bits per heavy atom. The molecule has 2 aromatic rings. The summed E-state index contributed by atoms with van der Waals surface area (Å²) in [5, 5.41) is 3.13. The molecule has 2 aromatic carbocycles. The normalized spacial score (nSPS) is 14.9. The van der Waals surface area contributed by atoms with Crippen molar-refractivity contribution in [1.29, 1.82) is 0 Å². The lowest BCUT2D eigenvalue weighted by Gasteiger charge is -2.28. The zero-order valence-electron chi connectivity index (χ0n) is 18.4. The van der Waals surface area contributed by atoms with Gasteiger partial charge in [0.1, 0.15) is 0 Å². The van der Waals surface area contributed by atoms with Gasteiger partial charge < -0.3 is 19.5 Å². The SMILES string of the molecule is COc1cc(CC(=O)NCC(c2ccc(C)cc2)N2CCCC2)cc(OC)c1OC. The quantitative estimate of drug-likeness (QED) is 0.683. The molecule has 1 unspecified atom stereocenters. The minimum absolute atomic E-state index is 0.0272. The first kappa shape index (κ1) is 22.0. The molecule has 30 heavy (non-hydrogen) atoms. The monoisotopic (exact) mass is 412 g/mol.